The van der Waals surface area contributed by atoms with Crippen molar-refractivity contribution in [1.29, 1.82) is 0 Å². The molecule has 0 N–H and O–H groups in total. The maximum Gasteiger partial charge on any atom is 0.330 e. The van der Waals surface area contributed by atoms with Crippen LogP contribution in [0.4, 0.5) is 0 Å². The van der Waals surface area contributed by atoms with Crippen molar-refractivity contribution < 1.29 is 33.3 Å². The van der Waals surface area contributed by atoms with Crippen molar-refractivity contribution in [3.8, 4) is 11.5 Å². The van der Waals surface area contributed by atoms with Crippen LogP contribution < -0.4 is 9.47 Å². The van der Waals surface area contributed by atoms with Crippen molar-refractivity contribution in [2.45, 2.75) is 18.9 Å². The first-order chi connectivity index (χ1) is 13.9. The highest BCUT2D eigenvalue weighted by molar-refractivity contribution is 5.87. The summed E-state index contributed by atoms with van der Waals surface area (Å²) in [5.41, 5.74) is 2.12. The first-order valence-electron chi connectivity index (χ1n) is 8.85. The van der Waals surface area contributed by atoms with E-state index >= 15 is 0 Å². The van der Waals surface area contributed by atoms with Crippen molar-refractivity contribution in [2.75, 3.05) is 14.2 Å². The standard InChI is InChI=1S/C22H20O7/c1-13(23)28-16-8-6-15(7-9-16)21-20(22(25)27-3)17-12-14(4-10-18(17)29-21)5-11-19(24)26-2/h4-12,20-21H,1-3H3/b11-5+/t20-,21+/m1/s1. The van der Waals surface area contributed by atoms with E-state index in [0.717, 1.165) is 11.1 Å². The quantitative estimate of drug-likeness (QED) is 0.436. The van der Waals surface area contributed by atoms with Gasteiger partial charge in [0.15, 0.2) is 0 Å². The number of carbonyl (C=O) groups excluding carboxylic acids is 3. The predicted octanol–water partition coefficient (Wildman–Crippen LogP) is 3.19. The third-order valence-electron chi connectivity index (χ3n) is 4.46. The number of hydrogen-bond donors (Lipinski definition) is 0. The molecule has 7 heteroatoms. The minimum atomic E-state index is -0.680. The fourth-order valence-corrected chi connectivity index (χ4v) is 3.15. The van der Waals surface area contributed by atoms with Crippen LogP contribution in [0.15, 0.2) is 48.5 Å². The van der Waals surface area contributed by atoms with E-state index in [2.05, 4.69) is 4.74 Å². The molecule has 0 bridgehead atoms. The zero-order valence-electron chi connectivity index (χ0n) is 16.2. The number of rotatable bonds is 5. The predicted molar refractivity (Wildman–Crippen MR) is 103 cm³/mol. The molecule has 0 unspecified atom stereocenters. The maximum absolute atomic E-state index is 12.5. The van der Waals surface area contributed by atoms with Gasteiger partial charge in [0.05, 0.1) is 14.2 Å². The number of fused-ring (bicyclic) bond motifs is 1. The molecule has 0 aromatic heterocycles. The van der Waals surface area contributed by atoms with E-state index in [-0.39, 0.29) is 0 Å². The van der Waals surface area contributed by atoms with Gasteiger partial charge in [-0.2, -0.15) is 0 Å². The van der Waals surface area contributed by atoms with Gasteiger partial charge < -0.3 is 18.9 Å². The van der Waals surface area contributed by atoms with Crippen molar-refractivity contribution in [3.63, 3.8) is 0 Å². The van der Waals surface area contributed by atoms with Crippen LogP contribution in [0.1, 0.15) is 35.6 Å². The first-order valence-corrected chi connectivity index (χ1v) is 8.85. The molecule has 1 heterocycles. The Kier molecular flexibility index (Phi) is 5.97. The normalized spacial score (nSPS) is 17.3. The number of methoxy groups -OCH3 is 2. The highest BCUT2D eigenvalue weighted by Crippen LogP contribution is 2.47. The summed E-state index contributed by atoms with van der Waals surface area (Å²) < 4.78 is 20.7. The highest BCUT2D eigenvalue weighted by Gasteiger charge is 2.41. The summed E-state index contributed by atoms with van der Waals surface area (Å²) in [6, 6.07) is 12.1. The van der Waals surface area contributed by atoms with Crippen LogP contribution >= 0.6 is 0 Å². The lowest BCUT2D eigenvalue weighted by Gasteiger charge is -2.18. The molecule has 3 rings (SSSR count). The lowest BCUT2D eigenvalue weighted by atomic mass is 9.90. The number of esters is 3. The number of ether oxygens (including phenoxy) is 4. The van der Waals surface area contributed by atoms with Crippen LogP contribution in [0.5, 0.6) is 11.5 Å². The first kappa shape index (κ1) is 20.1. The molecule has 2 atom stereocenters. The lowest BCUT2D eigenvalue weighted by molar-refractivity contribution is -0.144. The third kappa shape index (κ3) is 4.45. The average molecular weight is 396 g/mol. The van der Waals surface area contributed by atoms with Gasteiger partial charge >= 0.3 is 17.9 Å². The fourth-order valence-electron chi connectivity index (χ4n) is 3.15. The molecular weight excluding hydrogens is 376 g/mol. The molecule has 2 aromatic carbocycles. The molecule has 0 saturated heterocycles. The SMILES string of the molecule is COC(=O)/C=C/c1ccc2c(c1)[C@@H](C(=O)OC)[C@H](c1ccc(OC(C)=O)cc1)O2. The summed E-state index contributed by atoms with van der Waals surface area (Å²) in [5, 5.41) is 0. The number of benzene rings is 2. The molecule has 1 aliphatic heterocycles. The van der Waals surface area contributed by atoms with Gasteiger partial charge in [-0.1, -0.05) is 18.2 Å². The fraction of sp³-hybridized carbons (Fsp3) is 0.227. The van der Waals surface area contributed by atoms with Gasteiger partial charge in [-0.05, 0) is 41.5 Å². The number of carbonyl (C=O) groups is 3. The topological polar surface area (TPSA) is 88.1 Å². The largest absolute Gasteiger partial charge is 0.484 e. The Morgan fingerprint density at radius 2 is 1.72 bits per heavy atom. The van der Waals surface area contributed by atoms with E-state index in [0.29, 0.717) is 17.1 Å². The molecule has 1 aliphatic rings. The summed E-state index contributed by atoms with van der Waals surface area (Å²) in [4.78, 5) is 35.0. The Labute approximate surface area is 167 Å². The van der Waals surface area contributed by atoms with Gasteiger partial charge in [0, 0.05) is 18.6 Å². The van der Waals surface area contributed by atoms with Crippen molar-refractivity contribution >= 4 is 24.0 Å². The minimum absolute atomic E-state index is 0.404. The zero-order chi connectivity index (χ0) is 21.0. The van der Waals surface area contributed by atoms with Gasteiger partial charge in [-0.25, -0.2) is 4.79 Å². The molecule has 0 fully saturated rings. The second-order valence-corrected chi connectivity index (χ2v) is 6.36. The third-order valence-corrected chi connectivity index (χ3v) is 4.46. The molecule has 150 valence electrons. The van der Waals surface area contributed by atoms with Gasteiger partial charge in [0.25, 0.3) is 0 Å². The summed E-state index contributed by atoms with van der Waals surface area (Å²) in [7, 11) is 2.62. The van der Waals surface area contributed by atoms with Crippen LogP contribution in [0.25, 0.3) is 6.08 Å². The van der Waals surface area contributed by atoms with Gasteiger partial charge in [-0.15, -0.1) is 0 Å². The van der Waals surface area contributed by atoms with Crippen molar-refractivity contribution in [2.24, 2.45) is 0 Å². The molecule has 0 spiro atoms. The Morgan fingerprint density at radius 1 is 1.00 bits per heavy atom. The Hall–Kier alpha value is -3.61. The summed E-state index contributed by atoms with van der Waals surface area (Å²) >= 11 is 0. The second-order valence-electron chi connectivity index (χ2n) is 6.36. The molecule has 2 aromatic rings. The van der Waals surface area contributed by atoms with E-state index in [1.807, 2.05) is 0 Å². The maximum atomic E-state index is 12.5. The molecule has 0 aliphatic carbocycles. The number of hydrogen-bond acceptors (Lipinski definition) is 7. The minimum Gasteiger partial charge on any atom is -0.484 e. The van der Waals surface area contributed by atoms with E-state index in [4.69, 9.17) is 14.2 Å². The molecule has 0 saturated carbocycles. The second kappa shape index (κ2) is 8.60. The monoisotopic (exact) mass is 396 g/mol. The van der Waals surface area contributed by atoms with Crippen LogP contribution in [0.3, 0.4) is 0 Å². The highest BCUT2D eigenvalue weighted by atomic mass is 16.5. The van der Waals surface area contributed by atoms with Crippen LogP contribution in [0.2, 0.25) is 0 Å². The van der Waals surface area contributed by atoms with Gasteiger partial charge in [0.2, 0.25) is 0 Å². The van der Waals surface area contributed by atoms with E-state index in [9.17, 15) is 14.4 Å². The van der Waals surface area contributed by atoms with E-state index in [1.165, 1.54) is 27.2 Å². The van der Waals surface area contributed by atoms with Crippen molar-refractivity contribution in [1.82, 2.24) is 0 Å². The van der Waals surface area contributed by atoms with Crippen LogP contribution in [-0.4, -0.2) is 32.1 Å². The summed E-state index contributed by atoms with van der Waals surface area (Å²) in [6.45, 7) is 1.32. The molecule has 0 radical (unpaired) electrons. The van der Waals surface area contributed by atoms with Crippen LogP contribution in [-0.2, 0) is 23.9 Å². The summed E-state index contributed by atoms with van der Waals surface area (Å²) in [5.74, 6) is -1.04. The molecule has 0 amide bonds. The molecule has 7 nitrogen and oxygen atoms in total. The zero-order valence-corrected chi connectivity index (χ0v) is 16.2. The summed E-state index contributed by atoms with van der Waals surface area (Å²) in [6.07, 6.45) is 2.31. The van der Waals surface area contributed by atoms with E-state index < -0.39 is 29.9 Å². The molecular formula is C22H20O7. The Balaban J connectivity index is 1.93. The van der Waals surface area contributed by atoms with Gasteiger partial charge in [0.1, 0.15) is 23.5 Å². The van der Waals surface area contributed by atoms with Crippen LogP contribution in [0, 0.1) is 0 Å². The molecule has 29 heavy (non-hydrogen) atoms. The Morgan fingerprint density at radius 3 is 2.34 bits per heavy atom. The Bertz CT molecular complexity index is 960. The lowest BCUT2D eigenvalue weighted by Crippen LogP contribution is -2.20. The smallest absolute Gasteiger partial charge is 0.330 e. The van der Waals surface area contributed by atoms with Gasteiger partial charge in [-0.3, -0.25) is 9.59 Å². The van der Waals surface area contributed by atoms with E-state index in [1.54, 1.807) is 48.5 Å². The average Bonchev–Trinajstić information content (AvgIpc) is 3.10. The van der Waals surface area contributed by atoms with Crippen molar-refractivity contribution in [3.05, 3.63) is 65.2 Å².